The highest BCUT2D eigenvalue weighted by Crippen LogP contribution is 2.38. The number of benzene rings is 2. The van der Waals surface area contributed by atoms with Crippen molar-refractivity contribution in [1.29, 1.82) is 5.26 Å². The Kier molecular flexibility index (Phi) is 9.55. The first-order valence-corrected chi connectivity index (χ1v) is 15.2. The zero-order valence-corrected chi connectivity index (χ0v) is 26.0. The molecular weight excluding hydrogens is 603 g/mol. The zero-order valence-electron chi connectivity index (χ0n) is 22.8. The van der Waals surface area contributed by atoms with E-state index in [1.54, 1.807) is 42.2 Å². The van der Waals surface area contributed by atoms with Gasteiger partial charge in [-0.2, -0.15) is 5.26 Å². The number of amides is 3. The minimum atomic E-state index is -0.604. The molecule has 1 aliphatic rings. The Bertz CT molecular complexity index is 1540. The molecule has 2 N–H and O–H groups in total. The van der Waals surface area contributed by atoms with Crippen LogP contribution in [-0.2, 0) is 22.5 Å². The van der Waals surface area contributed by atoms with Crippen LogP contribution < -0.4 is 10.6 Å². The van der Waals surface area contributed by atoms with Gasteiger partial charge in [-0.1, -0.05) is 29.3 Å². The Balaban J connectivity index is 1.40. The van der Waals surface area contributed by atoms with Crippen molar-refractivity contribution in [2.45, 2.75) is 56.4 Å². The summed E-state index contributed by atoms with van der Waals surface area (Å²) in [6.45, 7) is 7.97. The number of thiophene rings is 1. The predicted octanol–water partition coefficient (Wildman–Crippen LogP) is 7.59. The number of rotatable bonds is 6. The van der Waals surface area contributed by atoms with Gasteiger partial charge in [0.1, 0.15) is 16.7 Å². The number of thioether (sulfide) groups is 1. The molecule has 2 heterocycles. The van der Waals surface area contributed by atoms with Crippen LogP contribution in [0.1, 0.15) is 54.1 Å². The third-order valence-electron chi connectivity index (χ3n) is 6.01. The van der Waals surface area contributed by atoms with Crippen molar-refractivity contribution in [2.75, 3.05) is 17.2 Å². The Labute approximate surface area is 257 Å². The van der Waals surface area contributed by atoms with E-state index in [0.717, 1.165) is 15.3 Å². The van der Waals surface area contributed by atoms with Gasteiger partial charge in [-0.25, -0.2) is 4.79 Å². The summed E-state index contributed by atoms with van der Waals surface area (Å²) < 4.78 is 5.49. The lowest BCUT2D eigenvalue weighted by Gasteiger charge is -2.29. The van der Waals surface area contributed by atoms with Crippen LogP contribution in [0.5, 0.6) is 0 Å². The van der Waals surface area contributed by atoms with Crippen LogP contribution in [0.25, 0.3) is 0 Å². The number of carbonyl (C=O) groups is 3. The summed E-state index contributed by atoms with van der Waals surface area (Å²) in [7, 11) is 0. The molecule has 0 aliphatic carbocycles. The van der Waals surface area contributed by atoms with Crippen molar-refractivity contribution in [1.82, 2.24) is 4.90 Å². The van der Waals surface area contributed by atoms with Gasteiger partial charge in [0.15, 0.2) is 0 Å². The van der Waals surface area contributed by atoms with Crippen molar-refractivity contribution in [3.05, 3.63) is 74.1 Å². The van der Waals surface area contributed by atoms with E-state index in [1.165, 1.54) is 29.2 Å². The summed E-state index contributed by atoms with van der Waals surface area (Å²) in [5.74, 6) is -0.646. The molecule has 1 aliphatic heterocycles. The maximum Gasteiger partial charge on any atom is 0.410 e. The van der Waals surface area contributed by atoms with E-state index in [0.29, 0.717) is 46.3 Å². The lowest BCUT2D eigenvalue weighted by molar-refractivity contribution is -0.115. The van der Waals surface area contributed by atoms with E-state index in [1.807, 2.05) is 26.8 Å². The number of anilines is 2. The molecule has 1 atom stereocenters. The van der Waals surface area contributed by atoms with Crippen LogP contribution in [0.2, 0.25) is 10.0 Å². The Morgan fingerprint density at radius 2 is 1.90 bits per heavy atom. The molecule has 0 bridgehead atoms. The molecule has 0 fully saturated rings. The molecule has 12 heteroatoms. The second-order valence-corrected chi connectivity index (χ2v) is 13.7. The van der Waals surface area contributed by atoms with Crippen LogP contribution >= 0.6 is 46.3 Å². The monoisotopic (exact) mass is 630 g/mol. The minimum absolute atomic E-state index is 0.246. The highest BCUT2D eigenvalue weighted by atomic mass is 35.5. The number of hydrogen-bond acceptors (Lipinski definition) is 7. The van der Waals surface area contributed by atoms with Crippen LogP contribution in [0.4, 0.5) is 15.5 Å². The van der Waals surface area contributed by atoms with Gasteiger partial charge in [0.2, 0.25) is 5.91 Å². The number of fused-ring (bicyclic) bond motifs is 1. The smallest absolute Gasteiger partial charge is 0.410 e. The molecule has 2 aromatic carbocycles. The number of nitrogens with zero attached hydrogens (tertiary/aromatic N) is 2. The summed E-state index contributed by atoms with van der Waals surface area (Å²) in [5, 5.41) is 16.2. The fraction of sp³-hybridized carbons (Fsp3) is 0.310. The lowest BCUT2D eigenvalue weighted by atomic mass is 10.0. The van der Waals surface area contributed by atoms with Crippen molar-refractivity contribution in [3.8, 4) is 6.07 Å². The zero-order chi connectivity index (χ0) is 29.9. The topological polar surface area (TPSA) is 112 Å². The molecule has 8 nitrogen and oxygen atoms in total. The molecule has 1 unspecified atom stereocenters. The van der Waals surface area contributed by atoms with Gasteiger partial charge in [-0.05, 0) is 76.1 Å². The average Bonchev–Trinajstić information content (AvgIpc) is 3.23. The van der Waals surface area contributed by atoms with E-state index in [2.05, 4.69) is 16.7 Å². The van der Waals surface area contributed by atoms with Crippen molar-refractivity contribution in [3.63, 3.8) is 0 Å². The van der Waals surface area contributed by atoms with Crippen molar-refractivity contribution >= 4 is 74.9 Å². The van der Waals surface area contributed by atoms with Crippen LogP contribution in [0.15, 0.2) is 47.4 Å². The van der Waals surface area contributed by atoms with Crippen LogP contribution in [0, 0.1) is 11.3 Å². The predicted molar refractivity (Wildman–Crippen MR) is 164 cm³/mol. The first-order chi connectivity index (χ1) is 19.3. The highest BCUT2D eigenvalue weighted by molar-refractivity contribution is 8.00. The van der Waals surface area contributed by atoms with Crippen LogP contribution in [0.3, 0.4) is 0 Å². The highest BCUT2D eigenvalue weighted by Gasteiger charge is 2.30. The second-order valence-electron chi connectivity index (χ2n) is 10.3. The first kappa shape index (κ1) is 30.7. The Morgan fingerprint density at radius 1 is 1.15 bits per heavy atom. The van der Waals surface area contributed by atoms with Gasteiger partial charge in [-0.15, -0.1) is 23.1 Å². The van der Waals surface area contributed by atoms with E-state index < -0.39 is 16.9 Å². The SMILES string of the molecule is CC(Sc1cccc(NC(=O)c2ccc(Cl)cc2Cl)c1)C(=O)Nc1sc2c(c1C#N)CCN(C(=O)OC(C)(C)C)C2. The van der Waals surface area contributed by atoms with E-state index in [4.69, 9.17) is 27.9 Å². The van der Waals surface area contributed by atoms with Gasteiger partial charge in [-0.3, -0.25) is 9.59 Å². The van der Waals surface area contributed by atoms with Gasteiger partial charge >= 0.3 is 6.09 Å². The van der Waals surface area contributed by atoms with Gasteiger partial charge in [0.05, 0.1) is 27.9 Å². The van der Waals surface area contributed by atoms with Gasteiger partial charge in [0.25, 0.3) is 5.91 Å². The third kappa shape index (κ3) is 7.74. The fourth-order valence-corrected chi connectivity index (χ4v) is 6.72. The molecule has 3 aromatic rings. The largest absolute Gasteiger partial charge is 0.444 e. The summed E-state index contributed by atoms with van der Waals surface area (Å²) in [4.78, 5) is 41.6. The molecule has 4 rings (SSSR count). The summed E-state index contributed by atoms with van der Waals surface area (Å²) in [6.07, 6.45) is 0.105. The second kappa shape index (κ2) is 12.7. The van der Waals surface area contributed by atoms with E-state index in [-0.39, 0.29) is 16.8 Å². The standard InChI is InChI=1S/C29H28Cl2N4O4S2/c1-16(40-19-7-5-6-18(13-19)33-26(37)21-9-8-17(30)12-23(21)31)25(36)34-27-22(14-32)20-10-11-35(15-24(20)41-27)28(38)39-29(2,3)4/h5-9,12-13,16H,10-11,15H2,1-4H3,(H,33,37)(H,34,36). The van der Waals surface area contributed by atoms with Crippen LogP contribution in [-0.4, -0.2) is 40.2 Å². The molecule has 0 radical (unpaired) electrons. The summed E-state index contributed by atoms with van der Waals surface area (Å²) >= 11 is 14.7. The van der Waals surface area contributed by atoms with E-state index in [9.17, 15) is 19.6 Å². The van der Waals surface area contributed by atoms with Gasteiger partial charge < -0.3 is 20.3 Å². The average molecular weight is 632 g/mol. The number of hydrogen-bond donors (Lipinski definition) is 2. The number of nitriles is 1. The Hall–Kier alpha value is -3.23. The number of ether oxygens (including phenoxy) is 1. The molecule has 0 saturated carbocycles. The van der Waals surface area contributed by atoms with E-state index >= 15 is 0 Å². The normalized spacial score (nSPS) is 13.5. The van der Waals surface area contributed by atoms with Crippen molar-refractivity contribution in [2.24, 2.45) is 0 Å². The molecular formula is C29H28Cl2N4O4S2. The molecule has 0 saturated heterocycles. The molecule has 0 spiro atoms. The minimum Gasteiger partial charge on any atom is -0.444 e. The number of halogens is 2. The quantitative estimate of drug-likeness (QED) is 0.271. The van der Waals surface area contributed by atoms with Gasteiger partial charge in [0, 0.05) is 27.0 Å². The number of carbonyl (C=O) groups excluding carboxylic acids is 3. The third-order valence-corrected chi connectivity index (χ3v) is 8.78. The maximum atomic E-state index is 13.1. The molecule has 3 amide bonds. The molecule has 214 valence electrons. The Morgan fingerprint density at radius 3 is 2.59 bits per heavy atom. The lowest BCUT2D eigenvalue weighted by Crippen LogP contribution is -2.39. The summed E-state index contributed by atoms with van der Waals surface area (Å²) in [5.41, 5.74) is 1.53. The summed E-state index contributed by atoms with van der Waals surface area (Å²) in [6, 6.07) is 14.0. The fourth-order valence-electron chi connectivity index (χ4n) is 4.08. The molecule has 41 heavy (non-hydrogen) atoms. The number of nitrogens with one attached hydrogen (secondary N) is 2. The first-order valence-electron chi connectivity index (χ1n) is 12.7. The van der Waals surface area contributed by atoms with Crippen molar-refractivity contribution < 1.29 is 19.1 Å². The molecule has 1 aromatic heterocycles. The maximum absolute atomic E-state index is 13.1.